The van der Waals surface area contributed by atoms with Crippen molar-refractivity contribution in [3.8, 4) is 11.8 Å². The van der Waals surface area contributed by atoms with E-state index in [0.29, 0.717) is 11.1 Å². The molecule has 0 saturated carbocycles. The van der Waals surface area contributed by atoms with Crippen molar-refractivity contribution < 1.29 is 13.5 Å². The first-order chi connectivity index (χ1) is 7.53. The van der Waals surface area contributed by atoms with Crippen LogP contribution in [0.3, 0.4) is 0 Å². The van der Waals surface area contributed by atoms with Crippen LogP contribution in [0.2, 0.25) is 0 Å². The van der Waals surface area contributed by atoms with Crippen molar-refractivity contribution in [1.29, 1.82) is 0 Å². The van der Waals surface area contributed by atoms with Crippen LogP contribution in [-0.4, -0.2) is 20.1 Å². The van der Waals surface area contributed by atoms with Crippen LogP contribution < -0.4 is 9.86 Å². The van der Waals surface area contributed by atoms with Crippen LogP contribution >= 0.6 is 0 Å². The minimum absolute atomic E-state index is 0.0785. The molecule has 4 N–H and O–H groups in total. The first kappa shape index (κ1) is 12.7. The summed E-state index contributed by atoms with van der Waals surface area (Å²) in [6.07, 6.45) is 0. The Bertz CT molecular complexity index is 514. The number of hydrogen-bond acceptors (Lipinski definition) is 3. The van der Waals surface area contributed by atoms with Crippen molar-refractivity contribution in [2.24, 2.45) is 5.14 Å². The Balaban J connectivity index is 2.87. The minimum Gasteiger partial charge on any atom is -0.384 e. The highest BCUT2D eigenvalue weighted by Gasteiger charge is 2.03. The van der Waals surface area contributed by atoms with Crippen LogP contribution in [0.15, 0.2) is 24.3 Å². The van der Waals surface area contributed by atoms with Crippen molar-refractivity contribution >= 4 is 10.2 Å². The highest BCUT2D eigenvalue weighted by atomic mass is 32.2. The molecule has 0 aromatic heterocycles. The van der Waals surface area contributed by atoms with Gasteiger partial charge in [-0.05, 0) is 11.6 Å². The quantitative estimate of drug-likeness (QED) is 0.611. The van der Waals surface area contributed by atoms with E-state index in [1.54, 1.807) is 24.3 Å². The molecule has 86 valence electrons. The lowest BCUT2D eigenvalue weighted by atomic mass is 10.1. The molecule has 0 aliphatic heterocycles. The summed E-state index contributed by atoms with van der Waals surface area (Å²) in [6, 6.07) is 7.02. The van der Waals surface area contributed by atoms with Crippen molar-refractivity contribution in [3.63, 3.8) is 0 Å². The highest BCUT2D eigenvalue weighted by Crippen LogP contribution is 2.06. The molecule has 0 spiro atoms. The normalized spacial score (nSPS) is 10.6. The van der Waals surface area contributed by atoms with Crippen molar-refractivity contribution in [2.75, 3.05) is 6.61 Å². The van der Waals surface area contributed by atoms with Gasteiger partial charge in [-0.2, -0.15) is 13.1 Å². The van der Waals surface area contributed by atoms with E-state index in [2.05, 4.69) is 16.6 Å². The zero-order valence-electron chi connectivity index (χ0n) is 8.47. The molecule has 0 atom stereocenters. The molecule has 1 aromatic carbocycles. The van der Waals surface area contributed by atoms with Gasteiger partial charge in [-0.15, -0.1) is 0 Å². The van der Waals surface area contributed by atoms with E-state index in [-0.39, 0.29) is 13.2 Å². The second-order valence-corrected chi connectivity index (χ2v) is 4.36. The maximum Gasteiger partial charge on any atom is 0.274 e. The number of aliphatic hydroxyl groups excluding tert-OH is 1. The van der Waals surface area contributed by atoms with Gasteiger partial charge in [-0.3, -0.25) is 0 Å². The molecule has 1 aromatic rings. The lowest BCUT2D eigenvalue weighted by molar-refractivity contribution is 0.350. The smallest absolute Gasteiger partial charge is 0.274 e. The van der Waals surface area contributed by atoms with E-state index in [4.69, 9.17) is 10.2 Å². The number of benzene rings is 1. The average Bonchev–Trinajstić information content (AvgIpc) is 2.23. The fourth-order valence-corrected chi connectivity index (χ4v) is 1.47. The largest absolute Gasteiger partial charge is 0.384 e. The van der Waals surface area contributed by atoms with Gasteiger partial charge in [0.05, 0.1) is 0 Å². The third kappa shape index (κ3) is 4.42. The number of hydrogen-bond donors (Lipinski definition) is 3. The van der Waals surface area contributed by atoms with E-state index in [1.807, 2.05) is 0 Å². The summed E-state index contributed by atoms with van der Waals surface area (Å²) < 4.78 is 23.6. The first-order valence-corrected chi connectivity index (χ1v) is 6.02. The van der Waals surface area contributed by atoms with Crippen LogP contribution in [0.5, 0.6) is 0 Å². The zero-order valence-corrected chi connectivity index (χ0v) is 9.29. The fourth-order valence-electron chi connectivity index (χ4n) is 1.11. The number of nitrogens with one attached hydrogen (secondary N) is 1. The zero-order chi connectivity index (χ0) is 12.0. The molecular formula is C10H12N2O3S. The molecule has 0 unspecified atom stereocenters. The average molecular weight is 240 g/mol. The van der Waals surface area contributed by atoms with Gasteiger partial charge in [-0.1, -0.05) is 30.0 Å². The number of nitrogens with two attached hydrogens (primary N) is 1. The second-order valence-electron chi connectivity index (χ2n) is 2.98. The second kappa shape index (κ2) is 5.63. The molecule has 5 nitrogen and oxygen atoms in total. The molecule has 0 radical (unpaired) electrons. The summed E-state index contributed by atoms with van der Waals surface area (Å²) in [5.41, 5.74) is 1.37. The van der Waals surface area contributed by atoms with Crippen LogP contribution in [0.25, 0.3) is 0 Å². The number of aliphatic hydroxyl groups is 1. The topological polar surface area (TPSA) is 92.4 Å². The van der Waals surface area contributed by atoms with E-state index in [9.17, 15) is 8.42 Å². The molecule has 0 aliphatic rings. The molecule has 0 saturated heterocycles. The Morgan fingerprint density at radius 2 is 2.06 bits per heavy atom. The first-order valence-electron chi connectivity index (χ1n) is 4.48. The molecule has 16 heavy (non-hydrogen) atoms. The predicted molar refractivity (Wildman–Crippen MR) is 60.4 cm³/mol. The van der Waals surface area contributed by atoms with Gasteiger partial charge in [0.25, 0.3) is 10.2 Å². The van der Waals surface area contributed by atoms with E-state index in [0.717, 1.165) is 0 Å². The molecule has 0 bridgehead atoms. The van der Waals surface area contributed by atoms with Crippen LogP contribution in [0.4, 0.5) is 0 Å². The monoisotopic (exact) mass is 240 g/mol. The summed E-state index contributed by atoms with van der Waals surface area (Å²) in [7, 11) is -3.71. The molecule has 0 heterocycles. The Labute approximate surface area is 94.5 Å². The molecule has 6 heteroatoms. The lowest BCUT2D eigenvalue weighted by Gasteiger charge is -2.04. The van der Waals surface area contributed by atoms with Crippen LogP contribution in [0, 0.1) is 11.8 Å². The van der Waals surface area contributed by atoms with Crippen molar-refractivity contribution in [2.45, 2.75) is 6.54 Å². The summed E-state index contributed by atoms with van der Waals surface area (Å²) in [6.45, 7) is -0.161. The van der Waals surface area contributed by atoms with Gasteiger partial charge >= 0.3 is 0 Å². The van der Waals surface area contributed by atoms with Crippen LogP contribution in [0.1, 0.15) is 11.1 Å². The SMILES string of the molecule is NS(=O)(=O)NCc1ccccc1C#CCO. The molecule has 1 rings (SSSR count). The Morgan fingerprint density at radius 3 is 2.69 bits per heavy atom. The minimum atomic E-state index is -3.71. The van der Waals surface area contributed by atoms with E-state index < -0.39 is 10.2 Å². The standard InChI is InChI=1S/C10H12N2O3S/c11-16(14,15)12-8-10-5-2-1-4-9(10)6-3-7-13/h1-2,4-5,12-13H,7-8H2,(H2,11,14,15). The van der Waals surface area contributed by atoms with E-state index in [1.165, 1.54) is 0 Å². The van der Waals surface area contributed by atoms with Gasteiger partial charge < -0.3 is 5.11 Å². The Hall–Kier alpha value is -1.39. The third-order valence-electron chi connectivity index (χ3n) is 1.78. The third-order valence-corrected chi connectivity index (χ3v) is 2.33. The van der Waals surface area contributed by atoms with Gasteiger partial charge in [0.2, 0.25) is 0 Å². The number of rotatable bonds is 3. The fraction of sp³-hybridized carbons (Fsp3) is 0.200. The lowest BCUT2D eigenvalue weighted by Crippen LogP contribution is -2.30. The molecular weight excluding hydrogens is 228 g/mol. The summed E-state index contributed by atoms with van der Waals surface area (Å²) >= 11 is 0. The van der Waals surface area contributed by atoms with Crippen LogP contribution in [-0.2, 0) is 16.8 Å². The summed E-state index contributed by atoms with van der Waals surface area (Å²) in [5.74, 6) is 5.22. The maximum atomic E-state index is 10.7. The van der Waals surface area contributed by atoms with Crippen molar-refractivity contribution in [1.82, 2.24) is 4.72 Å². The maximum absolute atomic E-state index is 10.7. The molecule has 0 fully saturated rings. The van der Waals surface area contributed by atoms with Gasteiger partial charge in [0.1, 0.15) is 6.61 Å². The molecule has 0 aliphatic carbocycles. The Morgan fingerprint density at radius 1 is 1.38 bits per heavy atom. The molecule has 0 amide bonds. The summed E-state index contributed by atoms with van der Waals surface area (Å²) in [5, 5.41) is 13.4. The Kier molecular flexibility index (Phi) is 4.46. The predicted octanol–water partition coefficient (Wildman–Crippen LogP) is -0.676. The van der Waals surface area contributed by atoms with Gasteiger partial charge in [-0.25, -0.2) is 5.14 Å². The van der Waals surface area contributed by atoms with E-state index >= 15 is 0 Å². The van der Waals surface area contributed by atoms with Gasteiger partial charge in [0.15, 0.2) is 0 Å². The summed E-state index contributed by atoms with van der Waals surface area (Å²) in [4.78, 5) is 0. The highest BCUT2D eigenvalue weighted by molar-refractivity contribution is 7.87. The van der Waals surface area contributed by atoms with Crippen molar-refractivity contribution in [3.05, 3.63) is 35.4 Å². The van der Waals surface area contributed by atoms with Gasteiger partial charge in [0, 0.05) is 12.1 Å².